The molecule has 4 nitrogen and oxygen atoms in total. The Bertz CT molecular complexity index is 775. The molecule has 0 atom stereocenters. The molecule has 0 spiro atoms. The fourth-order valence-electron chi connectivity index (χ4n) is 3.29. The molecule has 116 valence electrons. The Balaban J connectivity index is 2.14. The molecular weight excluding hydrogens is 285 g/mol. The second-order valence-electron chi connectivity index (χ2n) is 5.93. The van der Waals surface area contributed by atoms with Crippen LogP contribution in [0, 0.1) is 11.7 Å². The third-order valence-corrected chi connectivity index (χ3v) is 4.41. The quantitative estimate of drug-likeness (QED) is 0.946. The van der Waals surface area contributed by atoms with Crippen molar-refractivity contribution in [2.45, 2.75) is 38.5 Å². The Morgan fingerprint density at radius 3 is 2.68 bits per heavy atom. The van der Waals surface area contributed by atoms with E-state index in [1.807, 2.05) is 0 Å². The van der Waals surface area contributed by atoms with Gasteiger partial charge in [0.1, 0.15) is 0 Å². The van der Waals surface area contributed by atoms with Crippen molar-refractivity contribution in [1.29, 1.82) is 0 Å². The van der Waals surface area contributed by atoms with Crippen LogP contribution in [0.2, 0.25) is 0 Å². The molecule has 0 saturated heterocycles. The average molecular weight is 303 g/mol. The predicted molar refractivity (Wildman–Crippen MR) is 81.2 cm³/mol. The van der Waals surface area contributed by atoms with Gasteiger partial charge < -0.3 is 10.2 Å². The van der Waals surface area contributed by atoms with Gasteiger partial charge in [0.05, 0.1) is 5.39 Å². The van der Waals surface area contributed by atoms with E-state index in [0.29, 0.717) is 12.3 Å². The molecule has 1 saturated carbocycles. The lowest BCUT2D eigenvalue weighted by atomic mass is 9.84. The number of hydrogen-bond donors (Lipinski definition) is 1. The maximum Gasteiger partial charge on any atom is 0.284 e. The number of halogens is 1. The third-order valence-electron chi connectivity index (χ3n) is 4.41. The zero-order valence-corrected chi connectivity index (χ0v) is 12.2. The fraction of sp³-hybridized carbons (Fsp3) is 0.412. The van der Waals surface area contributed by atoms with Crippen LogP contribution in [0.4, 0.5) is 4.39 Å². The summed E-state index contributed by atoms with van der Waals surface area (Å²) in [6.07, 6.45) is 5.98. The monoisotopic (exact) mass is 303 g/mol. The first-order valence-corrected chi connectivity index (χ1v) is 7.62. The summed E-state index contributed by atoms with van der Waals surface area (Å²) in [7, 11) is 0. The standard InChI is InChI=1S/C17H18FNO3/c18-13-8-4-7-11-14(20)12(9-10-5-2-1-3-6-10)16(17(19)21)22-15(11)13/h4,7-8,10H,1-3,5-6,9H2,(H2,19,21). The highest BCUT2D eigenvalue weighted by atomic mass is 19.1. The van der Waals surface area contributed by atoms with Gasteiger partial charge in [-0.3, -0.25) is 9.59 Å². The molecule has 1 aliphatic rings. The maximum absolute atomic E-state index is 13.8. The number of rotatable bonds is 3. The van der Waals surface area contributed by atoms with Crippen molar-refractivity contribution < 1.29 is 13.6 Å². The van der Waals surface area contributed by atoms with Gasteiger partial charge in [0.2, 0.25) is 0 Å². The minimum atomic E-state index is -0.826. The molecule has 0 unspecified atom stereocenters. The van der Waals surface area contributed by atoms with Gasteiger partial charge in [-0.1, -0.05) is 38.2 Å². The Morgan fingerprint density at radius 1 is 1.27 bits per heavy atom. The average Bonchev–Trinajstić information content (AvgIpc) is 2.51. The second-order valence-corrected chi connectivity index (χ2v) is 5.93. The highest BCUT2D eigenvalue weighted by molar-refractivity contribution is 5.93. The van der Waals surface area contributed by atoms with Crippen molar-refractivity contribution >= 4 is 16.9 Å². The smallest absolute Gasteiger partial charge is 0.284 e. The predicted octanol–water partition coefficient (Wildman–Crippen LogP) is 3.15. The van der Waals surface area contributed by atoms with Crippen molar-refractivity contribution in [3.63, 3.8) is 0 Å². The summed E-state index contributed by atoms with van der Waals surface area (Å²) in [4.78, 5) is 24.3. The van der Waals surface area contributed by atoms with Gasteiger partial charge >= 0.3 is 0 Å². The van der Waals surface area contributed by atoms with E-state index in [2.05, 4.69) is 0 Å². The zero-order valence-electron chi connectivity index (χ0n) is 12.2. The first-order valence-electron chi connectivity index (χ1n) is 7.62. The Labute approximate surface area is 127 Å². The SMILES string of the molecule is NC(=O)c1oc2c(F)cccc2c(=O)c1CC1CCCCC1. The van der Waals surface area contributed by atoms with E-state index >= 15 is 0 Å². The molecule has 2 aromatic rings. The molecule has 0 aliphatic heterocycles. The number of hydrogen-bond acceptors (Lipinski definition) is 3. The fourth-order valence-corrected chi connectivity index (χ4v) is 3.29. The van der Waals surface area contributed by atoms with Gasteiger partial charge in [0, 0.05) is 5.56 Å². The zero-order chi connectivity index (χ0) is 15.7. The number of fused-ring (bicyclic) bond motifs is 1. The molecule has 1 fully saturated rings. The van der Waals surface area contributed by atoms with E-state index in [4.69, 9.17) is 10.2 Å². The van der Waals surface area contributed by atoms with Gasteiger partial charge in [-0.25, -0.2) is 4.39 Å². The van der Waals surface area contributed by atoms with Crippen LogP contribution in [0.1, 0.15) is 48.2 Å². The van der Waals surface area contributed by atoms with E-state index in [1.54, 1.807) is 0 Å². The highest BCUT2D eigenvalue weighted by Gasteiger charge is 2.23. The summed E-state index contributed by atoms with van der Waals surface area (Å²) in [6.45, 7) is 0. The first-order chi connectivity index (χ1) is 10.6. The van der Waals surface area contributed by atoms with Crippen LogP contribution >= 0.6 is 0 Å². The third kappa shape index (κ3) is 2.63. The number of carbonyl (C=O) groups is 1. The molecule has 3 rings (SSSR count). The van der Waals surface area contributed by atoms with Gasteiger partial charge in [0.25, 0.3) is 5.91 Å². The summed E-state index contributed by atoms with van der Waals surface area (Å²) < 4.78 is 19.2. The number of amides is 1. The minimum absolute atomic E-state index is 0.163. The van der Waals surface area contributed by atoms with E-state index in [0.717, 1.165) is 25.7 Å². The van der Waals surface area contributed by atoms with Crippen molar-refractivity contribution in [2.75, 3.05) is 0 Å². The molecule has 0 radical (unpaired) electrons. The van der Waals surface area contributed by atoms with Gasteiger partial charge in [-0.2, -0.15) is 0 Å². The Kier molecular flexibility index (Phi) is 3.96. The number of primary amides is 1. The topological polar surface area (TPSA) is 73.3 Å². The number of nitrogens with two attached hydrogens (primary N) is 1. The van der Waals surface area contributed by atoms with Crippen molar-refractivity contribution in [3.8, 4) is 0 Å². The highest BCUT2D eigenvalue weighted by Crippen LogP contribution is 2.28. The van der Waals surface area contributed by atoms with Crippen LogP contribution in [0.15, 0.2) is 27.4 Å². The molecule has 2 N–H and O–H groups in total. The van der Waals surface area contributed by atoms with Gasteiger partial charge in [-0.05, 0) is 24.5 Å². The molecule has 1 aromatic carbocycles. The van der Waals surface area contributed by atoms with Crippen LogP contribution in [0.5, 0.6) is 0 Å². The summed E-state index contributed by atoms with van der Waals surface area (Å²) in [6, 6.07) is 4.17. The first kappa shape index (κ1) is 14.8. The van der Waals surface area contributed by atoms with E-state index in [9.17, 15) is 14.0 Å². The van der Waals surface area contributed by atoms with Crippen molar-refractivity contribution in [2.24, 2.45) is 11.7 Å². The lowest BCUT2D eigenvalue weighted by molar-refractivity contribution is 0.0972. The van der Waals surface area contributed by atoms with Crippen LogP contribution in [0.3, 0.4) is 0 Å². The van der Waals surface area contributed by atoms with E-state index in [1.165, 1.54) is 24.6 Å². The molecule has 1 aromatic heterocycles. The minimum Gasteiger partial charge on any atom is -0.447 e. The molecule has 1 amide bonds. The van der Waals surface area contributed by atoms with Crippen molar-refractivity contribution in [1.82, 2.24) is 0 Å². The van der Waals surface area contributed by atoms with Crippen LogP contribution < -0.4 is 11.2 Å². The summed E-state index contributed by atoms with van der Waals surface area (Å²) in [5, 5.41) is 0.163. The molecule has 0 bridgehead atoms. The lowest BCUT2D eigenvalue weighted by Gasteiger charge is -2.21. The summed E-state index contributed by atoms with van der Waals surface area (Å²) in [5.41, 5.74) is 5.08. The molecule has 1 aliphatic carbocycles. The normalized spacial score (nSPS) is 16.0. The largest absolute Gasteiger partial charge is 0.447 e. The lowest BCUT2D eigenvalue weighted by Crippen LogP contribution is -2.24. The summed E-state index contributed by atoms with van der Waals surface area (Å²) >= 11 is 0. The number of para-hydroxylation sites is 1. The molecule has 5 heteroatoms. The second kappa shape index (κ2) is 5.91. The van der Waals surface area contributed by atoms with Crippen LogP contribution in [0.25, 0.3) is 11.0 Å². The van der Waals surface area contributed by atoms with E-state index in [-0.39, 0.29) is 27.7 Å². The Morgan fingerprint density at radius 2 is 2.00 bits per heavy atom. The number of benzene rings is 1. The summed E-state index contributed by atoms with van der Waals surface area (Å²) in [5.74, 6) is -1.34. The van der Waals surface area contributed by atoms with Crippen LogP contribution in [-0.2, 0) is 6.42 Å². The van der Waals surface area contributed by atoms with Crippen molar-refractivity contribution in [3.05, 3.63) is 45.6 Å². The Hall–Kier alpha value is -2.17. The van der Waals surface area contributed by atoms with Gasteiger partial charge in [-0.15, -0.1) is 0 Å². The van der Waals surface area contributed by atoms with Crippen LogP contribution in [-0.4, -0.2) is 5.91 Å². The molecule has 1 heterocycles. The molecular formula is C17H18FNO3. The number of carbonyl (C=O) groups excluding carboxylic acids is 1. The van der Waals surface area contributed by atoms with E-state index < -0.39 is 11.7 Å². The maximum atomic E-state index is 13.8. The van der Waals surface area contributed by atoms with Gasteiger partial charge in [0.15, 0.2) is 22.6 Å². The molecule has 22 heavy (non-hydrogen) atoms.